The maximum atomic E-state index is 13.2. The van der Waals surface area contributed by atoms with Gasteiger partial charge in [-0.3, -0.25) is 47.4 Å². The smallest absolute Gasteiger partial charge is 0.336 e. The van der Waals surface area contributed by atoms with Crippen LogP contribution in [0.4, 0.5) is 11.6 Å². The number of aromatic carboxylic acids is 1. The van der Waals surface area contributed by atoms with E-state index in [0.29, 0.717) is 174 Å². The van der Waals surface area contributed by atoms with Gasteiger partial charge in [-0.2, -0.15) is 4.98 Å². The Balaban J connectivity index is 0.526. The molecule has 0 saturated carbocycles. The number of aryl methyl sites for hydroxylation is 2. The second-order valence-electron chi connectivity index (χ2n) is 30.8. The van der Waals surface area contributed by atoms with Crippen LogP contribution in [0.25, 0.3) is 65.3 Å². The fraction of sp³-hybridized carbons (Fsp3) is 0.573. The zero-order chi connectivity index (χ0) is 102. The Labute approximate surface area is 817 Å². The van der Waals surface area contributed by atoms with Crippen molar-refractivity contribution in [3.05, 3.63) is 137 Å². The summed E-state index contributed by atoms with van der Waals surface area (Å²) in [5, 5.41) is 30.6. The van der Waals surface area contributed by atoms with Crippen LogP contribution in [-0.2, 0) is 112 Å². The number of phosphoric ester groups is 1. The highest BCUT2D eigenvalue weighted by Crippen LogP contribution is 2.61. The van der Waals surface area contributed by atoms with E-state index in [4.69, 9.17) is 102 Å². The number of hydrogen-bond donors (Lipinski definition) is 7. The lowest BCUT2D eigenvalue weighted by Crippen LogP contribution is -2.35. The summed E-state index contributed by atoms with van der Waals surface area (Å²) in [7, 11) is -18.5. The number of benzene rings is 4. The Bertz CT molecular complexity index is 5550. The number of azide groups is 2. The van der Waals surface area contributed by atoms with Crippen molar-refractivity contribution in [1.82, 2.24) is 30.5 Å². The molecule has 1 saturated heterocycles. The number of fused-ring (bicyclic) bond motifs is 3. The number of ether oxygens (including phenoxy) is 17. The highest BCUT2D eigenvalue weighted by molar-refractivity contribution is 7.64. The van der Waals surface area contributed by atoms with Gasteiger partial charge in [0.1, 0.15) is 55.1 Å². The number of anilines is 2. The maximum absolute atomic E-state index is 13.2. The topological polar surface area (TPSA) is 681 Å². The number of nitrogens with zero attached hydrogens (tertiary/aromatic N) is 9. The molecule has 3 aromatic carbocycles. The Morgan fingerprint density at radius 3 is 1.89 bits per heavy atom. The van der Waals surface area contributed by atoms with Crippen LogP contribution in [0.15, 0.2) is 97.4 Å². The molecule has 50 nitrogen and oxygen atoms in total. The average Bonchev–Trinajstić information content (AvgIpc) is 1.02. The van der Waals surface area contributed by atoms with E-state index in [-0.39, 0.29) is 148 Å². The first-order valence-corrected chi connectivity index (χ1v) is 50.3. The number of Topliss-reactive ketones (excluding diaryl/α,β-unsaturated/α-hetero) is 1. The van der Waals surface area contributed by atoms with Crippen molar-refractivity contribution in [2.45, 2.75) is 110 Å². The van der Waals surface area contributed by atoms with Crippen molar-refractivity contribution in [3.8, 4) is 45.8 Å². The first kappa shape index (κ1) is 117. The van der Waals surface area contributed by atoms with E-state index in [1.54, 1.807) is 30.3 Å². The lowest BCUT2D eigenvalue weighted by molar-refractivity contribution is -0.339. The molecule has 8 N–H and O–H groups in total. The number of H-pyrrole nitrogens is 1. The van der Waals surface area contributed by atoms with Gasteiger partial charge < -0.3 is 150 Å². The van der Waals surface area contributed by atoms with E-state index in [1.807, 2.05) is 52.0 Å². The average molecular weight is 2050 g/mol. The Kier molecular flexibility index (Phi) is 53.4. The quantitative estimate of drug-likeness (QED) is 0.00420. The molecule has 1 fully saturated rings. The number of unbranched alkanes of at least 4 members (excludes halogenated alkanes) is 2. The van der Waals surface area contributed by atoms with Crippen LogP contribution in [0.1, 0.15) is 115 Å². The molecule has 3 amide bonds. The van der Waals surface area contributed by atoms with Crippen LogP contribution in [0.5, 0.6) is 11.5 Å². The second-order valence-corrected chi connectivity index (χ2v) is 35.1. The Morgan fingerprint density at radius 1 is 0.655 bits per heavy atom. The fourth-order valence-corrected chi connectivity index (χ4v) is 16.6. The number of carbonyl (C=O) groups excluding carboxylic acids is 4. The van der Waals surface area contributed by atoms with Gasteiger partial charge in [0.15, 0.2) is 17.7 Å². The molecule has 6 atom stereocenters. The van der Waals surface area contributed by atoms with Gasteiger partial charge in [-0.25, -0.2) is 9.11 Å². The Morgan fingerprint density at radius 2 is 1.27 bits per heavy atom. The van der Waals surface area contributed by atoms with E-state index in [1.165, 1.54) is 22.9 Å². The number of carbonyl (C=O) groups is 5. The molecule has 1 aliphatic carbocycles. The zero-order valence-corrected chi connectivity index (χ0v) is 82.1. The summed E-state index contributed by atoms with van der Waals surface area (Å²) >= 11 is 0. The Hall–Kier alpha value is -10.5. The summed E-state index contributed by atoms with van der Waals surface area (Å²) in [5.41, 5.74) is 28.9. The number of hydrogen-bond acceptors (Lipinski definition) is 40. The highest BCUT2D eigenvalue weighted by atomic mass is 31.3. The second kappa shape index (κ2) is 65.0. The van der Waals surface area contributed by atoms with E-state index in [0.717, 1.165) is 64.5 Å². The molecule has 2 aromatic heterocycles. The zero-order valence-electron chi connectivity index (χ0n) is 79.4. The van der Waals surface area contributed by atoms with E-state index in [9.17, 15) is 67.1 Å². The molecule has 5 aromatic rings. The molecule has 782 valence electrons. The summed E-state index contributed by atoms with van der Waals surface area (Å²) in [5.74, 6) is 4.16. The molecule has 142 heavy (non-hydrogen) atoms. The highest BCUT2D eigenvalue weighted by Gasteiger charge is 2.40. The number of carboxylic acid groups (broad SMARTS) is 1. The van der Waals surface area contributed by atoms with Gasteiger partial charge in [-0.15, -0.1) is 0 Å². The van der Waals surface area contributed by atoms with E-state index in [2.05, 4.69) is 81.3 Å². The van der Waals surface area contributed by atoms with Gasteiger partial charge in [0.05, 0.1) is 194 Å². The molecule has 8 rings (SSSR count). The minimum absolute atomic E-state index is 0.0279. The molecular weight excluding hydrogens is 1930 g/mol. The largest absolute Gasteiger partial charge is 0.790 e. The number of ketones is 1. The monoisotopic (exact) mass is 2050 g/mol. The van der Waals surface area contributed by atoms with Gasteiger partial charge in [-0.05, 0) is 130 Å². The lowest BCUT2D eigenvalue weighted by atomic mass is 9.89. The lowest BCUT2D eigenvalue weighted by Gasteiger charge is -2.37. The number of amides is 3. The van der Waals surface area contributed by atoms with Crippen LogP contribution >= 0.6 is 23.5 Å². The van der Waals surface area contributed by atoms with Crippen molar-refractivity contribution in [3.63, 3.8) is 0 Å². The number of nitrogens with two attached hydrogens (primary N) is 1. The van der Waals surface area contributed by atoms with Crippen LogP contribution in [0.3, 0.4) is 0 Å². The van der Waals surface area contributed by atoms with Gasteiger partial charge in [0, 0.05) is 134 Å². The van der Waals surface area contributed by atoms with Crippen molar-refractivity contribution < 1.29 is 160 Å². The first-order valence-electron chi connectivity index (χ1n) is 45.9. The molecule has 0 radical (unpaired) electrons. The predicted octanol–water partition coefficient (Wildman–Crippen LogP) is 6.26. The maximum Gasteiger partial charge on any atom is 0.336 e. The summed E-state index contributed by atoms with van der Waals surface area (Å²) in [4.78, 5) is 139. The van der Waals surface area contributed by atoms with Crippen molar-refractivity contribution in [2.24, 2.45) is 15.2 Å². The van der Waals surface area contributed by atoms with Crippen LogP contribution in [0.2, 0.25) is 0 Å². The number of phosphoric acid groups is 3. The number of aromatic amines is 1. The molecular formula is C89H122N15O35P3-4. The number of nitrogen functional groups attached to an aromatic ring is 1. The van der Waals surface area contributed by atoms with Crippen molar-refractivity contribution >= 4 is 86.6 Å². The van der Waals surface area contributed by atoms with E-state index >= 15 is 0 Å². The van der Waals surface area contributed by atoms with Crippen molar-refractivity contribution in [1.29, 1.82) is 0 Å². The summed E-state index contributed by atoms with van der Waals surface area (Å²) < 4.78 is 149. The van der Waals surface area contributed by atoms with Crippen LogP contribution in [0, 0.1) is 25.7 Å². The number of aromatic nitrogens is 3. The summed E-state index contributed by atoms with van der Waals surface area (Å²) in [6, 6.07) is 19.1. The van der Waals surface area contributed by atoms with E-state index < -0.39 is 78.9 Å². The fourth-order valence-electron chi connectivity index (χ4n) is 13.7. The van der Waals surface area contributed by atoms with Crippen molar-refractivity contribution in [2.75, 3.05) is 235 Å². The molecule has 0 spiro atoms. The number of rotatable bonds is 76. The third kappa shape index (κ3) is 44.0. The number of carboxylic acids is 1. The molecule has 6 unspecified atom stereocenters. The standard InChI is InChI=1S/C89H126N15O35P3/c1-5-93-73-54-75-71(50-62(73)3)84(72-51-63(4)74(94-6-2)55-76(72)136-75)69-20-19-68(53-70(69)88(110)111)131-27-13-18-79(106)96-24-29-119-25-10-7-11-26-120-30-32-122-34-36-124-38-40-126-42-44-128-46-47-129-45-43-127-41-39-125-37-35-123-33-31-121-28-21-80(107)95-22-23-97-86(108)64-15-12-17-67(52-64)133-60-81(101-103-92)132-49-48-130-58-66(105)16-9-8-14-65-57-104(85-83(65)87(109)100-89(90)99-85)82-56-77(134-61-98-102-91)78(137-82)59-135-141(115,116)139-142(117,118)138-140(112,113)114/h12,15,17,19-20,50-55,57,77-78,81-82,93H,5-7,9-11,13,16,18,21-49,56,58-61H2,1-4H3,(H,95,107)(H,96,106)(H,97,108)(H,110,111)(H,115,116)(H,117,118)(H2,112,113,114)(H3,90,99,100,109)/p-4. The van der Waals surface area contributed by atoms with Gasteiger partial charge in [-0.1, -0.05) is 28.1 Å². The molecule has 0 bridgehead atoms. The van der Waals surface area contributed by atoms with Crippen LogP contribution < -0.4 is 67.0 Å². The summed E-state index contributed by atoms with van der Waals surface area (Å²) in [6.45, 7) is 16.7. The SMILES string of the molecule is CCN=c1cc2oc3cc(NCC)c(C)cc3c(-c3ccc(OCCCC(=O)NCCOCCCCCOCCOCCOCCOCCOCCOCCOCCOCCOCCOCCC(=O)NCCNC(=O)c4cccc(OCC(N=[N+]=[N-])OCCOCC(=O)CCC#Cc5cn(C6CC(OCN=[N+]=[N-])C(COP(=O)([O-])OP(=O)([O-])OP(=O)([O-])[O-])O6)c6nc(N)[nH]c(=O)c56)c4)cc3C(=O)O)c-2cc1C. The predicted molar refractivity (Wildman–Crippen MR) is 501 cm³/mol. The van der Waals surface area contributed by atoms with Gasteiger partial charge in [0.25, 0.3) is 27.1 Å². The number of nitrogens with one attached hydrogen (secondary N) is 5. The first-order chi connectivity index (χ1) is 68.6. The molecule has 53 heteroatoms. The molecule has 4 heterocycles. The van der Waals surface area contributed by atoms with Gasteiger partial charge in [0.2, 0.25) is 17.8 Å². The third-order valence-corrected chi connectivity index (χ3v) is 23.9. The normalized spacial score (nSPS) is 14.8. The third-order valence-electron chi connectivity index (χ3n) is 20.2. The summed E-state index contributed by atoms with van der Waals surface area (Å²) in [6.07, 6.45) is -0.467. The minimum atomic E-state index is -6.30. The van der Waals surface area contributed by atoms with Crippen LogP contribution in [-0.4, -0.2) is 292 Å². The molecule has 3 aliphatic rings. The van der Waals surface area contributed by atoms with Gasteiger partial charge >= 0.3 is 5.97 Å². The minimum Gasteiger partial charge on any atom is -0.790 e. The molecule has 2 aliphatic heterocycles.